The Morgan fingerprint density at radius 2 is 2.15 bits per heavy atom. The van der Waals surface area contributed by atoms with Gasteiger partial charge in [-0.1, -0.05) is 31.5 Å². The van der Waals surface area contributed by atoms with Gasteiger partial charge in [0.25, 0.3) is 0 Å². The molecule has 1 unspecified atom stereocenters. The van der Waals surface area contributed by atoms with E-state index < -0.39 is 29.2 Å². The molecule has 1 aromatic rings. The molecule has 3 atom stereocenters. The molecule has 2 aliphatic heterocycles. The van der Waals surface area contributed by atoms with Crippen molar-refractivity contribution in [2.45, 2.75) is 32.8 Å². The third kappa shape index (κ3) is 3.21. The van der Waals surface area contributed by atoms with Gasteiger partial charge >= 0.3 is 5.97 Å². The SMILES string of the molecule is CC(C)C1(C(=O)O)CCN(C(=O)[C@@H]2CCO[C@H]2c2ccc(Cl)c(F)c2)C1. The fourth-order valence-corrected chi connectivity index (χ4v) is 4.13. The van der Waals surface area contributed by atoms with Crippen LogP contribution in [0.15, 0.2) is 18.2 Å². The molecule has 0 spiro atoms. The zero-order valence-electron chi connectivity index (χ0n) is 14.9. The molecule has 3 rings (SSSR count). The van der Waals surface area contributed by atoms with Crippen LogP contribution in [-0.2, 0) is 14.3 Å². The largest absolute Gasteiger partial charge is 0.481 e. The number of hydrogen-bond donors (Lipinski definition) is 1. The summed E-state index contributed by atoms with van der Waals surface area (Å²) in [6.45, 7) is 4.78. The molecule has 2 aliphatic rings. The maximum atomic E-state index is 13.8. The first kappa shape index (κ1) is 19.1. The van der Waals surface area contributed by atoms with E-state index in [1.807, 2.05) is 13.8 Å². The maximum Gasteiger partial charge on any atom is 0.311 e. The molecular formula is C19H23ClFNO4. The normalized spacial score (nSPS) is 28.7. The lowest BCUT2D eigenvalue weighted by molar-refractivity contribution is -0.151. The summed E-state index contributed by atoms with van der Waals surface area (Å²) in [6, 6.07) is 4.43. The molecule has 0 saturated carbocycles. The van der Waals surface area contributed by atoms with E-state index in [2.05, 4.69) is 0 Å². The van der Waals surface area contributed by atoms with Gasteiger partial charge < -0.3 is 14.7 Å². The van der Waals surface area contributed by atoms with Gasteiger partial charge in [-0.2, -0.15) is 0 Å². The second-order valence-corrected chi connectivity index (χ2v) is 7.89. The molecule has 5 nitrogen and oxygen atoms in total. The van der Waals surface area contributed by atoms with Crippen LogP contribution in [0.2, 0.25) is 5.02 Å². The minimum absolute atomic E-state index is 0.0253. The van der Waals surface area contributed by atoms with E-state index in [1.54, 1.807) is 11.0 Å². The van der Waals surface area contributed by atoms with Crippen LogP contribution in [0.5, 0.6) is 0 Å². The van der Waals surface area contributed by atoms with E-state index in [9.17, 15) is 19.1 Å². The summed E-state index contributed by atoms with van der Waals surface area (Å²) in [5, 5.41) is 9.69. The number of halogens is 2. The number of hydrogen-bond acceptors (Lipinski definition) is 3. The van der Waals surface area contributed by atoms with Gasteiger partial charge in [-0.05, 0) is 36.5 Å². The summed E-state index contributed by atoms with van der Waals surface area (Å²) in [5.74, 6) is -2.03. The number of rotatable bonds is 4. The van der Waals surface area contributed by atoms with E-state index in [0.29, 0.717) is 31.6 Å². The van der Waals surface area contributed by atoms with Crippen LogP contribution in [0.1, 0.15) is 38.4 Å². The fraction of sp³-hybridized carbons (Fsp3) is 0.579. The van der Waals surface area contributed by atoms with E-state index >= 15 is 0 Å². The first-order valence-electron chi connectivity index (χ1n) is 8.85. The number of likely N-dealkylation sites (tertiary alicyclic amines) is 1. The number of benzene rings is 1. The summed E-state index contributed by atoms with van der Waals surface area (Å²) in [7, 11) is 0. The Kier molecular flexibility index (Phi) is 5.26. The van der Waals surface area contributed by atoms with Crippen LogP contribution in [0.3, 0.4) is 0 Å². The van der Waals surface area contributed by atoms with Crippen molar-refractivity contribution in [1.82, 2.24) is 4.90 Å². The van der Waals surface area contributed by atoms with Crippen molar-refractivity contribution < 1.29 is 23.8 Å². The Bertz CT molecular complexity index is 725. The van der Waals surface area contributed by atoms with Gasteiger partial charge in [0.15, 0.2) is 0 Å². The van der Waals surface area contributed by atoms with Crippen molar-refractivity contribution in [2.24, 2.45) is 17.3 Å². The quantitative estimate of drug-likeness (QED) is 0.863. The van der Waals surface area contributed by atoms with Crippen molar-refractivity contribution in [3.8, 4) is 0 Å². The molecule has 7 heteroatoms. The summed E-state index contributed by atoms with van der Waals surface area (Å²) in [5.41, 5.74) is -0.327. The Balaban J connectivity index is 1.79. The monoisotopic (exact) mass is 383 g/mol. The molecule has 0 radical (unpaired) electrons. The zero-order chi connectivity index (χ0) is 19.1. The molecule has 1 N–H and O–H groups in total. The predicted octanol–water partition coefficient (Wildman–Crippen LogP) is 3.52. The topological polar surface area (TPSA) is 66.8 Å². The molecule has 0 aliphatic carbocycles. The number of nitrogens with zero attached hydrogens (tertiary/aromatic N) is 1. The summed E-state index contributed by atoms with van der Waals surface area (Å²) in [6.07, 6.45) is 0.444. The third-order valence-corrected chi connectivity index (χ3v) is 6.13. The molecule has 0 aromatic heterocycles. The van der Waals surface area contributed by atoms with Crippen LogP contribution in [0, 0.1) is 23.1 Å². The number of carbonyl (C=O) groups is 2. The standard InChI is InChI=1S/C19H23ClFNO4/c1-11(2)19(18(24)25)6-7-22(10-19)17(23)13-5-8-26-16(13)12-3-4-14(20)15(21)9-12/h3-4,9,11,13,16H,5-8,10H2,1-2H3,(H,24,25)/t13-,16+,19?/m1/s1. The van der Waals surface area contributed by atoms with Crippen LogP contribution >= 0.6 is 11.6 Å². The molecule has 0 bridgehead atoms. The Morgan fingerprint density at radius 1 is 1.42 bits per heavy atom. The van der Waals surface area contributed by atoms with Gasteiger partial charge in [0.1, 0.15) is 5.82 Å². The van der Waals surface area contributed by atoms with Gasteiger partial charge in [0, 0.05) is 19.7 Å². The lowest BCUT2D eigenvalue weighted by Gasteiger charge is -2.30. The smallest absolute Gasteiger partial charge is 0.311 e. The first-order valence-corrected chi connectivity index (χ1v) is 9.23. The highest BCUT2D eigenvalue weighted by Gasteiger charge is 2.50. The average Bonchev–Trinajstić information content (AvgIpc) is 3.24. The molecule has 1 aromatic carbocycles. The van der Waals surface area contributed by atoms with Gasteiger partial charge in [0.05, 0.1) is 22.5 Å². The third-order valence-electron chi connectivity index (χ3n) is 5.82. The van der Waals surface area contributed by atoms with Crippen molar-refractivity contribution in [2.75, 3.05) is 19.7 Å². The molecule has 2 saturated heterocycles. The summed E-state index contributed by atoms with van der Waals surface area (Å²) < 4.78 is 19.5. The maximum absolute atomic E-state index is 13.8. The second-order valence-electron chi connectivity index (χ2n) is 7.49. The number of aliphatic carboxylic acids is 1. The Morgan fingerprint density at radius 3 is 2.73 bits per heavy atom. The number of amides is 1. The van der Waals surface area contributed by atoms with Gasteiger partial charge in [-0.3, -0.25) is 9.59 Å². The lowest BCUT2D eigenvalue weighted by Crippen LogP contribution is -2.42. The van der Waals surface area contributed by atoms with Crippen molar-refractivity contribution in [1.29, 1.82) is 0 Å². The van der Waals surface area contributed by atoms with Gasteiger partial charge in [0.2, 0.25) is 5.91 Å². The Hall–Kier alpha value is -1.66. The van der Waals surface area contributed by atoms with Crippen molar-refractivity contribution in [3.05, 3.63) is 34.6 Å². The zero-order valence-corrected chi connectivity index (χ0v) is 15.6. The first-order chi connectivity index (χ1) is 12.3. The van der Waals surface area contributed by atoms with Crippen LogP contribution < -0.4 is 0 Å². The second kappa shape index (κ2) is 7.16. The predicted molar refractivity (Wildman–Crippen MR) is 94.3 cm³/mol. The van der Waals surface area contributed by atoms with E-state index in [1.165, 1.54) is 12.1 Å². The minimum Gasteiger partial charge on any atom is -0.481 e. The fourth-order valence-electron chi connectivity index (χ4n) is 4.01. The van der Waals surface area contributed by atoms with Crippen molar-refractivity contribution in [3.63, 3.8) is 0 Å². The summed E-state index contributed by atoms with van der Waals surface area (Å²) in [4.78, 5) is 26.5. The highest BCUT2D eigenvalue weighted by Crippen LogP contribution is 2.42. The van der Waals surface area contributed by atoms with Crippen LogP contribution in [0.4, 0.5) is 4.39 Å². The van der Waals surface area contributed by atoms with Crippen LogP contribution in [0.25, 0.3) is 0 Å². The molecule has 2 fully saturated rings. The molecule has 142 valence electrons. The number of ether oxygens (including phenoxy) is 1. The molecule has 2 heterocycles. The number of carboxylic acids is 1. The van der Waals surface area contributed by atoms with E-state index in [-0.39, 0.29) is 23.4 Å². The molecule has 26 heavy (non-hydrogen) atoms. The van der Waals surface area contributed by atoms with E-state index in [4.69, 9.17) is 16.3 Å². The minimum atomic E-state index is -0.906. The molecule has 1 amide bonds. The molecular weight excluding hydrogens is 361 g/mol. The van der Waals surface area contributed by atoms with Gasteiger partial charge in [-0.25, -0.2) is 4.39 Å². The van der Waals surface area contributed by atoms with Gasteiger partial charge in [-0.15, -0.1) is 0 Å². The number of carbonyl (C=O) groups excluding carboxylic acids is 1. The van der Waals surface area contributed by atoms with E-state index in [0.717, 1.165) is 0 Å². The van der Waals surface area contributed by atoms with Crippen LogP contribution in [-0.4, -0.2) is 41.6 Å². The lowest BCUT2D eigenvalue weighted by atomic mass is 9.76. The average molecular weight is 384 g/mol. The Labute approximate surface area is 157 Å². The highest BCUT2D eigenvalue weighted by atomic mass is 35.5. The number of carboxylic acid groups (broad SMARTS) is 1. The van der Waals surface area contributed by atoms with Crippen molar-refractivity contribution >= 4 is 23.5 Å². The summed E-state index contributed by atoms with van der Waals surface area (Å²) >= 11 is 5.73. The highest BCUT2D eigenvalue weighted by molar-refractivity contribution is 6.30.